The van der Waals surface area contributed by atoms with Crippen LogP contribution in [0.15, 0.2) is 84.9 Å². The van der Waals surface area contributed by atoms with E-state index in [4.69, 9.17) is 0 Å². The molecule has 0 nitrogen and oxygen atoms in total. The van der Waals surface area contributed by atoms with Gasteiger partial charge in [0.1, 0.15) is 0 Å². The lowest BCUT2D eigenvalue weighted by Gasteiger charge is -2.11. The molecule has 0 aliphatic rings. The molecule has 0 N–H and O–H groups in total. The quantitative estimate of drug-likeness (QED) is 0.242. The Morgan fingerprint density at radius 1 is 0.462 bits per heavy atom. The van der Waals surface area contributed by atoms with E-state index in [0.717, 1.165) is 11.1 Å². The smallest absolute Gasteiger partial charge is 0.0334 e. The largest absolute Gasteiger partial charge is 0.0622 e. The minimum atomic E-state index is 0.984. The molecule has 5 aromatic rings. The zero-order valence-corrected chi connectivity index (χ0v) is 14.1. The average molecular weight is 326 g/mol. The van der Waals surface area contributed by atoms with Crippen molar-refractivity contribution in [2.75, 3.05) is 0 Å². The van der Waals surface area contributed by atoms with Crippen molar-refractivity contribution in [3.63, 3.8) is 0 Å². The third kappa shape index (κ3) is 2.37. The Morgan fingerprint density at radius 2 is 1.12 bits per heavy atom. The number of benzene rings is 5. The van der Waals surface area contributed by atoms with Gasteiger partial charge in [-0.2, -0.15) is 0 Å². The molecule has 0 unspecified atom stereocenters. The Bertz CT molecular complexity index is 1350. The van der Waals surface area contributed by atoms with Gasteiger partial charge in [0.05, 0.1) is 0 Å². The van der Waals surface area contributed by atoms with Crippen LogP contribution in [0.5, 0.6) is 0 Å². The molecule has 0 bridgehead atoms. The molecular formula is C26H14. The maximum Gasteiger partial charge on any atom is 0.0334 e. The van der Waals surface area contributed by atoms with E-state index in [1.807, 2.05) is 30.3 Å². The molecule has 5 aromatic carbocycles. The molecular weight excluding hydrogens is 312 g/mol. The van der Waals surface area contributed by atoms with Crippen LogP contribution in [-0.2, 0) is 0 Å². The fourth-order valence-corrected chi connectivity index (χ4v) is 3.57. The molecule has 0 aliphatic carbocycles. The molecule has 0 aliphatic heterocycles. The second-order valence-electron chi connectivity index (χ2n) is 6.34. The highest BCUT2D eigenvalue weighted by molar-refractivity contribution is 6.23. The number of hydrogen-bond donors (Lipinski definition) is 0. The van der Waals surface area contributed by atoms with Crippen LogP contribution < -0.4 is 0 Å². The molecule has 0 spiro atoms. The van der Waals surface area contributed by atoms with Gasteiger partial charge < -0.3 is 0 Å². The summed E-state index contributed by atoms with van der Waals surface area (Å²) in [5.41, 5.74) is 2.01. The Balaban J connectivity index is 1.68. The van der Waals surface area contributed by atoms with Crippen LogP contribution in [0.2, 0.25) is 0 Å². The van der Waals surface area contributed by atoms with Crippen molar-refractivity contribution in [3.05, 3.63) is 96.1 Å². The summed E-state index contributed by atoms with van der Waals surface area (Å²) in [6.45, 7) is 0. The van der Waals surface area contributed by atoms with Crippen molar-refractivity contribution in [1.29, 1.82) is 0 Å². The normalized spacial score (nSPS) is 10.5. The van der Waals surface area contributed by atoms with E-state index < -0.39 is 0 Å². The summed E-state index contributed by atoms with van der Waals surface area (Å²) in [5, 5.41) is 7.61. The van der Waals surface area contributed by atoms with Crippen LogP contribution in [0, 0.1) is 23.7 Å². The molecule has 0 heteroatoms. The van der Waals surface area contributed by atoms with Gasteiger partial charge in [0.15, 0.2) is 0 Å². The Hall–Kier alpha value is -3.74. The van der Waals surface area contributed by atoms with Gasteiger partial charge in [-0.1, -0.05) is 78.6 Å². The van der Waals surface area contributed by atoms with E-state index in [-0.39, 0.29) is 0 Å². The maximum absolute atomic E-state index is 3.25. The first-order chi connectivity index (χ1) is 12.9. The van der Waals surface area contributed by atoms with Crippen LogP contribution >= 0.6 is 0 Å². The molecule has 0 heterocycles. The van der Waals surface area contributed by atoms with E-state index in [0.29, 0.717) is 0 Å². The second kappa shape index (κ2) is 5.96. The summed E-state index contributed by atoms with van der Waals surface area (Å²) < 4.78 is 0. The maximum atomic E-state index is 3.25. The molecule has 26 heavy (non-hydrogen) atoms. The minimum Gasteiger partial charge on any atom is -0.0622 e. The fourth-order valence-electron chi connectivity index (χ4n) is 3.57. The van der Waals surface area contributed by atoms with Crippen LogP contribution in [0.4, 0.5) is 0 Å². The lowest BCUT2D eigenvalue weighted by molar-refractivity contribution is 1.65. The SMILES string of the molecule is C(C#Cc1ccc2ccc3cccc4ccc1c2c34)#Cc1ccccc1. The summed E-state index contributed by atoms with van der Waals surface area (Å²) in [4.78, 5) is 0. The third-order valence-electron chi connectivity index (χ3n) is 4.77. The van der Waals surface area contributed by atoms with Crippen molar-refractivity contribution in [2.45, 2.75) is 0 Å². The molecule has 0 saturated heterocycles. The van der Waals surface area contributed by atoms with Crippen molar-refractivity contribution in [3.8, 4) is 23.7 Å². The zero-order valence-electron chi connectivity index (χ0n) is 14.1. The van der Waals surface area contributed by atoms with E-state index in [1.54, 1.807) is 0 Å². The third-order valence-corrected chi connectivity index (χ3v) is 4.77. The van der Waals surface area contributed by atoms with E-state index in [9.17, 15) is 0 Å². The molecule has 0 aromatic heterocycles. The predicted molar refractivity (Wildman–Crippen MR) is 110 cm³/mol. The van der Waals surface area contributed by atoms with Gasteiger partial charge in [-0.3, -0.25) is 0 Å². The molecule has 0 saturated carbocycles. The van der Waals surface area contributed by atoms with E-state index >= 15 is 0 Å². The number of hydrogen-bond acceptors (Lipinski definition) is 0. The van der Waals surface area contributed by atoms with E-state index in [2.05, 4.69) is 78.3 Å². The monoisotopic (exact) mass is 326 g/mol. The Labute approximate surface area is 152 Å². The Morgan fingerprint density at radius 3 is 1.92 bits per heavy atom. The topological polar surface area (TPSA) is 0 Å². The highest BCUT2D eigenvalue weighted by Crippen LogP contribution is 2.35. The lowest BCUT2D eigenvalue weighted by atomic mass is 9.92. The highest BCUT2D eigenvalue weighted by Gasteiger charge is 2.09. The summed E-state index contributed by atoms with van der Waals surface area (Å²) in [6.07, 6.45) is 0. The fraction of sp³-hybridized carbons (Fsp3) is 0. The van der Waals surface area contributed by atoms with E-state index in [1.165, 1.54) is 32.3 Å². The molecule has 0 amide bonds. The average Bonchev–Trinajstić information content (AvgIpc) is 2.71. The van der Waals surface area contributed by atoms with Gasteiger partial charge in [0, 0.05) is 11.1 Å². The standard InChI is InChI=1S/C26H14/c1-2-7-19(8-3-1)9-4-5-10-20-13-14-23-16-15-21-11-6-12-22-17-18-24(20)26(23)25(21)22/h1-3,6-8,11-18H. The van der Waals surface area contributed by atoms with Gasteiger partial charge in [-0.05, 0) is 62.4 Å². The first-order valence-electron chi connectivity index (χ1n) is 8.64. The van der Waals surface area contributed by atoms with Crippen LogP contribution in [0.25, 0.3) is 32.3 Å². The molecule has 5 rings (SSSR count). The van der Waals surface area contributed by atoms with Gasteiger partial charge in [0.25, 0.3) is 0 Å². The first kappa shape index (κ1) is 14.6. The minimum absolute atomic E-state index is 0.984. The summed E-state index contributed by atoms with van der Waals surface area (Å²) in [7, 11) is 0. The summed E-state index contributed by atoms with van der Waals surface area (Å²) in [6, 6.07) is 29.4. The zero-order chi connectivity index (χ0) is 17.3. The summed E-state index contributed by atoms with van der Waals surface area (Å²) >= 11 is 0. The van der Waals surface area contributed by atoms with Crippen LogP contribution in [-0.4, -0.2) is 0 Å². The van der Waals surface area contributed by atoms with Gasteiger partial charge in [-0.15, -0.1) is 0 Å². The Kier molecular flexibility index (Phi) is 3.35. The first-order valence-corrected chi connectivity index (χ1v) is 8.64. The highest BCUT2D eigenvalue weighted by atomic mass is 14.1. The van der Waals surface area contributed by atoms with Crippen molar-refractivity contribution >= 4 is 32.3 Å². The summed E-state index contributed by atoms with van der Waals surface area (Å²) in [5.74, 6) is 12.3. The second-order valence-corrected chi connectivity index (χ2v) is 6.34. The van der Waals surface area contributed by atoms with Crippen LogP contribution in [0.3, 0.4) is 0 Å². The van der Waals surface area contributed by atoms with Crippen molar-refractivity contribution in [2.24, 2.45) is 0 Å². The predicted octanol–water partition coefficient (Wildman–Crippen LogP) is 5.99. The molecule has 0 radical (unpaired) electrons. The van der Waals surface area contributed by atoms with Crippen molar-refractivity contribution in [1.82, 2.24) is 0 Å². The number of rotatable bonds is 0. The van der Waals surface area contributed by atoms with Gasteiger partial charge in [-0.25, -0.2) is 0 Å². The molecule has 0 fully saturated rings. The van der Waals surface area contributed by atoms with Crippen molar-refractivity contribution < 1.29 is 0 Å². The lowest BCUT2D eigenvalue weighted by Crippen LogP contribution is -1.86. The van der Waals surface area contributed by atoms with Crippen LogP contribution in [0.1, 0.15) is 11.1 Å². The van der Waals surface area contributed by atoms with Gasteiger partial charge in [0.2, 0.25) is 0 Å². The van der Waals surface area contributed by atoms with Gasteiger partial charge >= 0.3 is 0 Å². The molecule has 0 atom stereocenters. The molecule has 118 valence electrons.